The second kappa shape index (κ2) is 7.39. The van der Waals surface area contributed by atoms with E-state index in [-0.39, 0.29) is 0 Å². The summed E-state index contributed by atoms with van der Waals surface area (Å²) in [5, 5.41) is 3.23. The summed E-state index contributed by atoms with van der Waals surface area (Å²) in [6, 6.07) is 0. The summed E-state index contributed by atoms with van der Waals surface area (Å²) in [5.41, 5.74) is 1.02. The summed E-state index contributed by atoms with van der Waals surface area (Å²) in [6.45, 7) is 5.60. The lowest BCUT2D eigenvalue weighted by Crippen LogP contribution is -2.18. The SMILES string of the molecule is CCOCn1cnc(CNCCOC)c1. The van der Waals surface area contributed by atoms with E-state index in [0.29, 0.717) is 6.73 Å². The first kappa shape index (κ1) is 12.2. The second-order valence-electron chi connectivity index (χ2n) is 3.17. The molecule has 0 aliphatic carbocycles. The van der Waals surface area contributed by atoms with Crippen molar-refractivity contribution in [2.45, 2.75) is 20.2 Å². The molecule has 86 valence electrons. The summed E-state index contributed by atoms with van der Waals surface area (Å²) in [7, 11) is 1.69. The van der Waals surface area contributed by atoms with Crippen molar-refractivity contribution in [2.24, 2.45) is 0 Å². The minimum Gasteiger partial charge on any atom is -0.383 e. The molecule has 0 aromatic carbocycles. The van der Waals surface area contributed by atoms with Crippen molar-refractivity contribution < 1.29 is 9.47 Å². The Morgan fingerprint density at radius 2 is 2.40 bits per heavy atom. The molecule has 5 heteroatoms. The molecule has 1 N–H and O–H groups in total. The van der Waals surface area contributed by atoms with Gasteiger partial charge in [-0.25, -0.2) is 4.98 Å². The van der Waals surface area contributed by atoms with Crippen LogP contribution in [0.2, 0.25) is 0 Å². The van der Waals surface area contributed by atoms with Crippen LogP contribution in [-0.2, 0) is 22.7 Å². The lowest BCUT2D eigenvalue weighted by Gasteiger charge is -2.01. The molecule has 0 bridgehead atoms. The number of hydrogen-bond donors (Lipinski definition) is 1. The first-order chi connectivity index (χ1) is 7.36. The Kier molecular flexibility index (Phi) is 5.99. The standard InChI is InChI=1S/C10H19N3O2/c1-3-15-9-13-7-10(12-8-13)6-11-4-5-14-2/h7-8,11H,3-6,9H2,1-2H3. The molecule has 0 fully saturated rings. The number of hydrogen-bond acceptors (Lipinski definition) is 4. The molecule has 1 heterocycles. The van der Waals surface area contributed by atoms with Crippen LogP contribution in [0.5, 0.6) is 0 Å². The fourth-order valence-electron chi connectivity index (χ4n) is 1.16. The van der Waals surface area contributed by atoms with Gasteiger partial charge in [0.25, 0.3) is 0 Å². The van der Waals surface area contributed by atoms with Gasteiger partial charge in [0, 0.05) is 33.0 Å². The Bertz CT molecular complexity index is 263. The van der Waals surface area contributed by atoms with Gasteiger partial charge < -0.3 is 19.4 Å². The Labute approximate surface area is 90.4 Å². The van der Waals surface area contributed by atoms with Crippen LogP contribution in [-0.4, -0.2) is 36.4 Å². The molecule has 0 spiro atoms. The Morgan fingerprint density at radius 3 is 3.13 bits per heavy atom. The quantitative estimate of drug-likeness (QED) is 0.643. The third-order valence-corrected chi connectivity index (χ3v) is 1.92. The third kappa shape index (κ3) is 4.92. The highest BCUT2D eigenvalue weighted by Gasteiger charge is 1.97. The van der Waals surface area contributed by atoms with E-state index in [9.17, 15) is 0 Å². The zero-order chi connectivity index (χ0) is 10.9. The van der Waals surface area contributed by atoms with Gasteiger partial charge in [-0.2, -0.15) is 0 Å². The van der Waals surface area contributed by atoms with Gasteiger partial charge in [-0.05, 0) is 6.92 Å². The molecular weight excluding hydrogens is 194 g/mol. The van der Waals surface area contributed by atoms with Crippen molar-refractivity contribution in [2.75, 3.05) is 26.9 Å². The maximum atomic E-state index is 5.26. The molecule has 0 saturated carbocycles. The number of nitrogens with zero attached hydrogens (tertiary/aromatic N) is 2. The summed E-state index contributed by atoms with van der Waals surface area (Å²) in [4.78, 5) is 4.25. The van der Waals surface area contributed by atoms with Crippen molar-refractivity contribution >= 4 is 0 Å². The van der Waals surface area contributed by atoms with Crippen molar-refractivity contribution in [1.29, 1.82) is 0 Å². The third-order valence-electron chi connectivity index (χ3n) is 1.92. The second-order valence-corrected chi connectivity index (χ2v) is 3.17. The average molecular weight is 213 g/mol. The van der Waals surface area contributed by atoms with Crippen LogP contribution in [0.15, 0.2) is 12.5 Å². The summed E-state index contributed by atoms with van der Waals surface area (Å²) in [6.07, 6.45) is 3.76. The van der Waals surface area contributed by atoms with Crippen molar-refractivity contribution in [3.05, 3.63) is 18.2 Å². The molecule has 1 aromatic rings. The van der Waals surface area contributed by atoms with Gasteiger partial charge in [-0.3, -0.25) is 0 Å². The summed E-state index contributed by atoms with van der Waals surface area (Å²) < 4.78 is 12.1. The van der Waals surface area contributed by atoms with Crippen LogP contribution in [0.25, 0.3) is 0 Å². The highest BCUT2D eigenvalue weighted by atomic mass is 16.5. The molecular formula is C10H19N3O2. The zero-order valence-electron chi connectivity index (χ0n) is 9.40. The van der Waals surface area contributed by atoms with Gasteiger partial charge >= 0.3 is 0 Å². The van der Waals surface area contributed by atoms with E-state index in [1.165, 1.54) is 0 Å². The zero-order valence-corrected chi connectivity index (χ0v) is 9.40. The lowest BCUT2D eigenvalue weighted by atomic mass is 10.4. The molecule has 1 rings (SSSR count). The van der Waals surface area contributed by atoms with Crippen LogP contribution in [0.4, 0.5) is 0 Å². The number of methoxy groups -OCH3 is 1. The minimum atomic E-state index is 0.571. The van der Waals surface area contributed by atoms with Gasteiger partial charge in [0.2, 0.25) is 0 Å². The number of aromatic nitrogens is 2. The van der Waals surface area contributed by atoms with Crippen LogP contribution < -0.4 is 5.32 Å². The Balaban J connectivity index is 2.20. The van der Waals surface area contributed by atoms with E-state index in [4.69, 9.17) is 9.47 Å². The molecule has 0 amide bonds. The average Bonchev–Trinajstić information content (AvgIpc) is 2.69. The number of ether oxygens (including phenoxy) is 2. The Hall–Kier alpha value is -0.910. The smallest absolute Gasteiger partial charge is 0.123 e. The molecule has 5 nitrogen and oxygen atoms in total. The van der Waals surface area contributed by atoms with Gasteiger partial charge in [0.15, 0.2) is 0 Å². The van der Waals surface area contributed by atoms with Gasteiger partial charge in [0.05, 0.1) is 18.6 Å². The maximum Gasteiger partial charge on any atom is 0.123 e. The molecule has 1 aromatic heterocycles. The maximum absolute atomic E-state index is 5.26. The van der Waals surface area contributed by atoms with E-state index < -0.39 is 0 Å². The topological polar surface area (TPSA) is 48.3 Å². The van der Waals surface area contributed by atoms with Gasteiger partial charge in [-0.1, -0.05) is 0 Å². The normalized spacial score (nSPS) is 10.8. The minimum absolute atomic E-state index is 0.571. The predicted octanol–water partition coefficient (Wildman–Crippen LogP) is 0.613. The van der Waals surface area contributed by atoms with Crippen LogP contribution in [0.1, 0.15) is 12.6 Å². The molecule has 15 heavy (non-hydrogen) atoms. The van der Waals surface area contributed by atoms with Crippen LogP contribution >= 0.6 is 0 Å². The van der Waals surface area contributed by atoms with E-state index >= 15 is 0 Å². The number of rotatable bonds is 8. The number of imidazole rings is 1. The molecule has 0 radical (unpaired) electrons. The van der Waals surface area contributed by atoms with Crippen molar-refractivity contribution in [1.82, 2.24) is 14.9 Å². The molecule has 0 aliphatic rings. The lowest BCUT2D eigenvalue weighted by molar-refractivity contribution is 0.0877. The Morgan fingerprint density at radius 1 is 1.53 bits per heavy atom. The monoisotopic (exact) mass is 213 g/mol. The fourth-order valence-corrected chi connectivity index (χ4v) is 1.16. The van der Waals surface area contributed by atoms with Crippen molar-refractivity contribution in [3.8, 4) is 0 Å². The van der Waals surface area contributed by atoms with E-state index in [1.807, 2.05) is 17.7 Å². The molecule has 0 atom stereocenters. The highest BCUT2D eigenvalue weighted by Crippen LogP contribution is 1.96. The first-order valence-corrected chi connectivity index (χ1v) is 5.15. The van der Waals surface area contributed by atoms with Crippen LogP contribution in [0.3, 0.4) is 0 Å². The van der Waals surface area contributed by atoms with E-state index in [1.54, 1.807) is 13.4 Å². The van der Waals surface area contributed by atoms with Gasteiger partial charge in [0.1, 0.15) is 6.73 Å². The van der Waals surface area contributed by atoms with Gasteiger partial charge in [-0.15, -0.1) is 0 Å². The van der Waals surface area contributed by atoms with Crippen LogP contribution in [0, 0.1) is 0 Å². The predicted molar refractivity (Wildman–Crippen MR) is 57.4 cm³/mol. The van der Waals surface area contributed by atoms with E-state index in [2.05, 4.69) is 10.3 Å². The van der Waals surface area contributed by atoms with E-state index in [0.717, 1.165) is 32.0 Å². The first-order valence-electron chi connectivity index (χ1n) is 5.15. The highest BCUT2D eigenvalue weighted by molar-refractivity contribution is 4.95. The number of nitrogens with one attached hydrogen (secondary N) is 1. The molecule has 0 saturated heterocycles. The summed E-state index contributed by atoms with van der Waals surface area (Å²) >= 11 is 0. The molecule has 0 unspecified atom stereocenters. The fraction of sp³-hybridized carbons (Fsp3) is 0.700. The largest absolute Gasteiger partial charge is 0.383 e. The van der Waals surface area contributed by atoms with Crippen molar-refractivity contribution in [3.63, 3.8) is 0 Å². The molecule has 0 aliphatic heterocycles. The summed E-state index contributed by atoms with van der Waals surface area (Å²) in [5.74, 6) is 0.